The zero-order chi connectivity index (χ0) is 17.0. The van der Waals surface area contributed by atoms with E-state index in [2.05, 4.69) is 42.0 Å². The van der Waals surface area contributed by atoms with Gasteiger partial charge in [0, 0.05) is 24.4 Å². The smallest absolute Gasteiger partial charge is 0.174 e. The predicted octanol–water partition coefficient (Wildman–Crippen LogP) is 4.27. The second kappa shape index (κ2) is 8.02. The van der Waals surface area contributed by atoms with Gasteiger partial charge in [-0.05, 0) is 19.1 Å². The monoisotopic (exact) mass is 356 g/mol. The lowest BCUT2D eigenvalue weighted by Gasteiger charge is -2.28. The molecule has 0 aliphatic carbocycles. The van der Waals surface area contributed by atoms with Crippen LogP contribution in [0.4, 0.5) is 10.1 Å². The highest BCUT2D eigenvalue weighted by Crippen LogP contribution is 2.28. The molecular formula is C16H22ClFN4S. The summed E-state index contributed by atoms with van der Waals surface area (Å²) in [5, 5.41) is 5.27. The van der Waals surface area contributed by atoms with Crippen LogP contribution in [-0.4, -0.2) is 39.4 Å². The normalized spacial score (nSPS) is 13.8. The van der Waals surface area contributed by atoms with Crippen molar-refractivity contribution in [1.82, 2.24) is 14.8 Å². The zero-order valence-corrected chi connectivity index (χ0v) is 15.4. The average Bonchev–Trinajstić information content (AvgIpc) is 2.93. The molecule has 0 aliphatic heterocycles. The van der Waals surface area contributed by atoms with E-state index in [0.29, 0.717) is 22.0 Å². The lowest BCUT2D eigenvalue weighted by atomic mass is 10.1. The molecule has 2 atom stereocenters. The van der Waals surface area contributed by atoms with E-state index in [1.165, 1.54) is 12.3 Å². The van der Waals surface area contributed by atoms with Crippen LogP contribution in [-0.2, 0) is 0 Å². The number of halogens is 2. The quantitative estimate of drug-likeness (QED) is 0.741. The minimum absolute atomic E-state index is 0.398. The highest BCUT2D eigenvalue weighted by Gasteiger charge is 2.19. The Morgan fingerprint density at radius 3 is 2.74 bits per heavy atom. The van der Waals surface area contributed by atoms with Crippen molar-refractivity contribution >= 4 is 29.1 Å². The number of rotatable bonds is 7. The molecule has 2 rings (SSSR count). The van der Waals surface area contributed by atoms with Crippen molar-refractivity contribution in [2.45, 2.75) is 26.0 Å². The second-order valence-electron chi connectivity index (χ2n) is 5.57. The highest BCUT2D eigenvalue weighted by molar-refractivity contribution is 7.99. The van der Waals surface area contributed by atoms with Gasteiger partial charge in [-0.1, -0.05) is 25.4 Å². The Hall–Kier alpha value is -1.27. The molecule has 0 N–H and O–H groups in total. The van der Waals surface area contributed by atoms with E-state index in [1.54, 1.807) is 10.9 Å². The van der Waals surface area contributed by atoms with Crippen molar-refractivity contribution in [2.75, 3.05) is 24.2 Å². The SMILES string of the molecule is CCN(CC(C)C(C)SC)c1cn(-c2cncc(F)c2)nc1Cl. The number of pyridine rings is 1. The predicted molar refractivity (Wildman–Crippen MR) is 96.4 cm³/mol. The fourth-order valence-corrected chi connectivity index (χ4v) is 3.14. The summed E-state index contributed by atoms with van der Waals surface area (Å²) >= 11 is 8.17. The molecular weight excluding hydrogens is 335 g/mol. The molecule has 0 bridgehead atoms. The summed E-state index contributed by atoms with van der Waals surface area (Å²) in [5.74, 6) is 0.116. The molecule has 126 valence electrons. The third-order valence-corrected chi connectivity index (χ3v) is 5.49. The minimum atomic E-state index is -0.398. The van der Waals surface area contributed by atoms with Crippen LogP contribution in [0.3, 0.4) is 0 Å². The number of hydrogen-bond donors (Lipinski definition) is 0. The van der Waals surface area contributed by atoms with Crippen molar-refractivity contribution in [3.05, 3.63) is 35.6 Å². The van der Waals surface area contributed by atoms with Gasteiger partial charge in [0.15, 0.2) is 5.15 Å². The standard InChI is InChI=1S/C16H22ClFN4S/c1-5-21(9-11(2)12(3)23-4)15-10-22(20-16(15)17)14-6-13(18)7-19-8-14/h6-8,10-12H,5,9H2,1-4H3. The van der Waals surface area contributed by atoms with Crippen LogP contribution < -0.4 is 4.90 Å². The largest absolute Gasteiger partial charge is 0.368 e. The molecule has 0 spiro atoms. The van der Waals surface area contributed by atoms with E-state index < -0.39 is 5.82 Å². The summed E-state index contributed by atoms with van der Waals surface area (Å²) < 4.78 is 14.9. The van der Waals surface area contributed by atoms with Gasteiger partial charge in [0.25, 0.3) is 0 Å². The van der Waals surface area contributed by atoms with Gasteiger partial charge >= 0.3 is 0 Å². The average molecular weight is 357 g/mol. The molecule has 2 unspecified atom stereocenters. The molecule has 0 amide bonds. The van der Waals surface area contributed by atoms with Gasteiger partial charge in [-0.25, -0.2) is 9.07 Å². The highest BCUT2D eigenvalue weighted by atomic mass is 35.5. The molecule has 2 heterocycles. The first-order valence-corrected chi connectivity index (χ1v) is 9.26. The molecule has 0 saturated heterocycles. The zero-order valence-electron chi connectivity index (χ0n) is 13.8. The van der Waals surface area contributed by atoms with E-state index in [4.69, 9.17) is 11.6 Å². The molecule has 0 aliphatic rings. The number of nitrogens with zero attached hydrogens (tertiary/aromatic N) is 4. The van der Waals surface area contributed by atoms with E-state index >= 15 is 0 Å². The first kappa shape index (κ1) is 18.1. The summed E-state index contributed by atoms with van der Waals surface area (Å²) in [7, 11) is 0. The fourth-order valence-electron chi connectivity index (χ4n) is 2.34. The Balaban J connectivity index is 2.25. The van der Waals surface area contributed by atoms with Crippen molar-refractivity contribution in [2.24, 2.45) is 5.92 Å². The fraction of sp³-hybridized carbons (Fsp3) is 0.500. The van der Waals surface area contributed by atoms with Gasteiger partial charge < -0.3 is 4.90 Å². The van der Waals surface area contributed by atoms with Gasteiger partial charge in [0.05, 0.1) is 30.0 Å². The van der Waals surface area contributed by atoms with Crippen molar-refractivity contribution in [3.63, 3.8) is 0 Å². The molecule has 0 saturated carbocycles. The maximum atomic E-state index is 13.3. The Labute approximate surface area is 146 Å². The molecule has 2 aromatic rings. The van der Waals surface area contributed by atoms with Gasteiger partial charge in [0.2, 0.25) is 0 Å². The van der Waals surface area contributed by atoms with E-state index in [0.717, 1.165) is 18.8 Å². The Morgan fingerprint density at radius 1 is 1.39 bits per heavy atom. The number of thioether (sulfide) groups is 1. The lowest BCUT2D eigenvalue weighted by Crippen LogP contribution is -2.31. The van der Waals surface area contributed by atoms with Gasteiger partial charge in [-0.15, -0.1) is 0 Å². The topological polar surface area (TPSA) is 34.0 Å². The number of hydrogen-bond acceptors (Lipinski definition) is 4. The second-order valence-corrected chi connectivity index (χ2v) is 7.14. The summed E-state index contributed by atoms with van der Waals surface area (Å²) in [6, 6.07) is 1.38. The Morgan fingerprint density at radius 2 is 2.13 bits per heavy atom. The van der Waals surface area contributed by atoms with E-state index in [1.807, 2.05) is 18.0 Å². The number of aromatic nitrogens is 3. The molecule has 0 fully saturated rings. The van der Waals surface area contributed by atoms with Crippen LogP contribution in [0.15, 0.2) is 24.7 Å². The summed E-state index contributed by atoms with van der Waals surface area (Å²) in [4.78, 5) is 6.06. The summed E-state index contributed by atoms with van der Waals surface area (Å²) in [5.41, 5.74) is 1.42. The van der Waals surface area contributed by atoms with Crippen molar-refractivity contribution < 1.29 is 4.39 Å². The van der Waals surface area contributed by atoms with Crippen LogP contribution in [0.25, 0.3) is 5.69 Å². The third-order valence-electron chi connectivity index (χ3n) is 4.01. The maximum Gasteiger partial charge on any atom is 0.174 e. The van der Waals surface area contributed by atoms with Crippen molar-refractivity contribution in [1.29, 1.82) is 0 Å². The Bertz CT molecular complexity index is 649. The summed E-state index contributed by atoms with van der Waals surface area (Å²) in [6.45, 7) is 8.28. The van der Waals surface area contributed by atoms with E-state index in [-0.39, 0.29) is 0 Å². The minimum Gasteiger partial charge on any atom is -0.368 e. The van der Waals surface area contributed by atoms with Crippen LogP contribution in [0.1, 0.15) is 20.8 Å². The third kappa shape index (κ3) is 4.38. The van der Waals surface area contributed by atoms with Crippen LogP contribution in [0.2, 0.25) is 5.15 Å². The summed E-state index contributed by atoms with van der Waals surface area (Å²) in [6.07, 6.45) is 6.68. The first-order valence-electron chi connectivity index (χ1n) is 7.60. The molecule has 7 heteroatoms. The van der Waals surface area contributed by atoms with Crippen LogP contribution >= 0.6 is 23.4 Å². The number of anilines is 1. The molecule has 0 radical (unpaired) electrons. The van der Waals surface area contributed by atoms with Crippen LogP contribution in [0, 0.1) is 11.7 Å². The van der Waals surface area contributed by atoms with Crippen molar-refractivity contribution in [3.8, 4) is 5.69 Å². The van der Waals surface area contributed by atoms with Gasteiger partial charge in [-0.2, -0.15) is 16.9 Å². The van der Waals surface area contributed by atoms with Crippen LogP contribution in [0.5, 0.6) is 0 Å². The molecule has 0 aromatic carbocycles. The molecule has 2 aromatic heterocycles. The van der Waals surface area contributed by atoms with Gasteiger partial charge in [-0.3, -0.25) is 4.98 Å². The molecule has 23 heavy (non-hydrogen) atoms. The first-order chi connectivity index (χ1) is 11.0. The van der Waals surface area contributed by atoms with E-state index in [9.17, 15) is 4.39 Å². The van der Waals surface area contributed by atoms with Gasteiger partial charge in [0.1, 0.15) is 5.82 Å². The lowest BCUT2D eigenvalue weighted by molar-refractivity contribution is 0.561. The Kier molecular flexibility index (Phi) is 6.30. The maximum absolute atomic E-state index is 13.3. The molecule has 4 nitrogen and oxygen atoms in total.